The van der Waals surface area contributed by atoms with E-state index >= 15 is 0 Å². The number of halogens is 1. The first-order chi connectivity index (χ1) is 13.8. The molecule has 1 fully saturated rings. The van der Waals surface area contributed by atoms with E-state index in [-0.39, 0.29) is 23.9 Å². The molecule has 2 aliphatic heterocycles. The van der Waals surface area contributed by atoms with Crippen molar-refractivity contribution in [2.45, 2.75) is 30.9 Å². The van der Waals surface area contributed by atoms with E-state index in [4.69, 9.17) is 20.5 Å². The van der Waals surface area contributed by atoms with E-state index in [0.29, 0.717) is 36.3 Å². The molecule has 0 unspecified atom stereocenters. The number of amidine groups is 1. The first-order valence-corrected chi connectivity index (χ1v) is 9.13. The number of pyridine rings is 1. The summed E-state index contributed by atoms with van der Waals surface area (Å²) in [5.41, 5.74) is 5.96. The van der Waals surface area contributed by atoms with Gasteiger partial charge in [-0.15, -0.1) is 0 Å². The Hall–Kier alpha value is -3.31. The Morgan fingerprint density at radius 1 is 1.34 bits per heavy atom. The number of nitrogens with zero attached hydrogens (tertiary/aromatic N) is 3. The van der Waals surface area contributed by atoms with Crippen molar-refractivity contribution in [2.75, 3.05) is 13.2 Å². The molecule has 0 aliphatic carbocycles. The van der Waals surface area contributed by atoms with Gasteiger partial charge in [-0.05, 0) is 36.8 Å². The molecular formula is C21H19FN4O3. The van der Waals surface area contributed by atoms with Crippen LogP contribution in [0.3, 0.4) is 0 Å². The monoisotopic (exact) mass is 394 g/mol. The van der Waals surface area contributed by atoms with Gasteiger partial charge in [0, 0.05) is 24.6 Å². The number of ether oxygens (including phenoxy) is 2. The molecule has 0 saturated carbocycles. The smallest absolute Gasteiger partial charge is 0.283 e. The van der Waals surface area contributed by atoms with Crippen LogP contribution in [0.15, 0.2) is 41.5 Å². The molecule has 4 rings (SSSR count). The molecule has 2 N–H and O–H groups in total. The van der Waals surface area contributed by atoms with Crippen LogP contribution in [0.5, 0.6) is 0 Å². The van der Waals surface area contributed by atoms with Crippen molar-refractivity contribution in [3.05, 3.63) is 64.7 Å². The molecule has 1 saturated heterocycles. The lowest BCUT2D eigenvalue weighted by atomic mass is 9.78. The van der Waals surface area contributed by atoms with Crippen LogP contribution in [-0.4, -0.2) is 35.6 Å². The van der Waals surface area contributed by atoms with E-state index in [0.717, 1.165) is 0 Å². The van der Waals surface area contributed by atoms with Gasteiger partial charge in [0.15, 0.2) is 11.4 Å². The number of ketones is 1. The maximum absolute atomic E-state index is 14.7. The van der Waals surface area contributed by atoms with Crippen LogP contribution in [0.2, 0.25) is 0 Å². The van der Waals surface area contributed by atoms with Gasteiger partial charge in [0.25, 0.3) is 6.02 Å². The number of Topliss-reactive ketones (excluding diaryl/α,β-unsaturated/α-hetero) is 1. The summed E-state index contributed by atoms with van der Waals surface area (Å²) in [4.78, 5) is 20.9. The largest absolute Gasteiger partial charge is 0.454 e. The van der Waals surface area contributed by atoms with E-state index in [9.17, 15) is 9.18 Å². The lowest BCUT2D eigenvalue weighted by molar-refractivity contribution is -0.187. The summed E-state index contributed by atoms with van der Waals surface area (Å²) in [6.07, 6.45) is 1.82. The van der Waals surface area contributed by atoms with Crippen molar-refractivity contribution in [3.63, 3.8) is 0 Å². The summed E-state index contributed by atoms with van der Waals surface area (Å²) < 4.78 is 25.6. The summed E-state index contributed by atoms with van der Waals surface area (Å²) in [6, 6.07) is 9.56. The lowest BCUT2D eigenvalue weighted by Gasteiger charge is -2.48. The zero-order valence-corrected chi connectivity index (χ0v) is 15.8. The molecule has 0 bridgehead atoms. The molecule has 2 aromatic rings. The van der Waals surface area contributed by atoms with E-state index in [1.807, 2.05) is 6.07 Å². The molecule has 2 aliphatic rings. The topological polar surface area (TPSA) is 111 Å². The molecule has 1 spiro atoms. The van der Waals surface area contributed by atoms with Crippen LogP contribution in [0.1, 0.15) is 40.5 Å². The fourth-order valence-electron chi connectivity index (χ4n) is 3.83. The Kier molecular flexibility index (Phi) is 4.55. The molecule has 148 valence electrons. The molecule has 1 aromatic carbocycles. The van der Waals surface area contributed by atoms with Crippen molar-refractivity contribution >= 4 is 11.8 Å². The molecule has 7 nitrogen and oxygen atoms in total. The predicted octanol–water partition coefficient (Wildman–Crippen LogP) is 2.24. The summed E-state index contributed by atoms with van der Waals surface area (Å²) >= 11 is 0. The predicted molar refractivity (Wildman–Crippen MR) is 102 cm³/mol. The zero-order chi connectivity index (χ0) is 20.6. The molecule has 0 radical (unpaired) electrons. The molecule has 3 heterocycles. The van der Waals surface area contributed by atoms with E-state index in [2.05, 4.69) is 9.98 Å². The number of carbonyl (C=O) groups is 1. The lowest BCUT2D eigenvalue weighted by Crippen LogP contribution is -2.59. The Morgan fingerprint density at radius 3 is 2.76 bits per heavy atom. The van der Waals surface area contributed by atoms with Crippen molar-refractivity contribution in [3.8, 4) is 6.07 Å². The molecule has 1 atom stereocenters. The average Bonchev–Trinajstić information content (AvgIpc) is 2.67. The van der Waals surface area contributed by atoms with Crippen molar-refractivity contribution in [1.29, 1.82) is 5.26 Å². The van der Waals surface area contributed by atoms with Crippen LogP contribution >= 0.6 is 0 Å². The second-order valence-electron chi connectivity index (χ2n) is 7.64. The average molecular weight is 394 g/mol. The number of carbonyl (C=O) groups excluding carboxylic acids is 1. The van der Waals surface area contributed by atoms with Gasteiger partial charge in [-0.2, -0.15) is 5.26 Å². The minimum atomic E-state index is -0.929. The third-order valence-corrected chi connectivity index (χ3v) is 5.23. The quantitative estimate of drug-likeness (QED) is 0.796. The maximum atomic E-state index is 14.7. The van der Waals surface area contributed by atoms with Crippen LogP contribution in [-0.2, 0) is 21.4 Å². The number of hydrogen-bond acceptors (Lipinski definition) is 7. The second kappa shape index (κ2) is 6.94. The van der Waals surface area contributed by atoms with Gasteiger partial charge in [0.1, 0.15) is 17.6 Å². The first-order valence-electron chi connectivity index (χ1n) is 9.13. The Bertz CT molecular complexity index is 1040. The van der Waals surface area contributed by atoms with Crippen LogP contribution in [0.4, 0.5) is 4.39 Å². The van der Waals surface area contributed by atoms with Gasteiger partial charge in [0.2, 0.25) is 0 Å². The highest BCUT2D eigenvalue weighted by atomic mass is 19.1. The third kappa shape index (κ3) is 3.57. The number of hydrogen-bond donors (Lipinski definition) is 1. The van der Waals surface area contributed by atoms with Gasteiger partial charge in [-0.1, -0.05) is 6.07 Å². The van der Waals surface area contributed by atoms with Gasteiger partial charge in [-0.25, -0.2) is 9.38 Å². The normalized spacial score (nSPS) is 22.2. The number of nitriles is 1. The number of aliphatic imine (C=N–C) groups is 1. The SMILES string of the molecule is C[C@@]1(c2cc(CC(=O)c3ccc(C#N)cn3)ccc2F)CC2(COC2)OC(N)=N1. The van der Waals surface area contributed by atoms with Crippen LogP contribution in [0, 0.1) is 17.1 Å². The van der Waals surface area contributed by atoms with Crippen LogP contribution in [0.25, 0.3) is 0 Å². The van der Waals surface area contributed by atoms with Crippen molar-refractivity contribution in [1.82, 2.24) is 4.98 Å². The highest BCUT2D eigenvalue weighted by molar-refractivity contribution is 5.95. The number of rotatable bonds is 4. The summed E-state index contributed by atoms with van der Waals surface area (Å²) in [7, 11) is 0. The van der Waals surface area contributed by atoms with Crippen molar-refractivity contribution in [2.24, 2.45) is 10.7 Å². The summed E-state index contributed by atoms with van der Waals surface area (Å²) in [5, 5.41) is 8.84. The molecule has 0 amide bonds. The minimum absolute atomic E-state index is 0.00436. The van der Waals surface area contributed by atoms with E-state index in [1.165, 1.54) is 24.4 Å². The van der Waals surface area contributed by atoms with Gasteiger partial charge < -0.3 is 15.2 Å². The Balaban J connectivity index is 1.61. The molecule has 8 heteroatoms. The number of benzene rings is 1. The van der Waals surface area contributed by atoms with Gasteiger partial charge in [-0.3, -0.25) is 9.78 Å². The highest BCUT2D eigenvalue weighted by Crippen LogP contribution is 2.43. The second-order valence-corrected chi connectivity index (χ2v) is 7.64. The highest BCUT2D eigenvalue weighted by Gasteiger charge is 2.51. The number of aromatic nitrogens is 1. The fraction of sp³-hybridized carbons (Fsp3) is 0.333. The van der Waals surface area contributed by atoms with Gasteiger partial charge in [0.05, 0.1) is 24.3 Å². The van der Waals surface area contributed by atoms with E-state index < -0.39 is 17.0 Å². The Labute approximate surface area is 167 Å². The van der Waals surface area contributed by atoms with Crippen LogP contribution < -0.4 is 5.73 Å². The third-order valence-electron chi connectivity index (χ3n) is 5.23. The maximum Gasteiger partial charge on any atom is 0.283 e. The molecular weight excluding hydrogens is 375 g/mol. The van der Waals surface area contributed by atoms with Crippen molar-refractivity contribution < 1.29 is 18.7 Å². The molecule has 29 heavy (non-hydrogen) atoms. The minimum Gasteiger partial charge on any atom is -0.454 e. The summed E-state index contributed by atoms with van der Waals surface area (Å²) in [5.74, 6) is -0.648. The first kappa shape index (κ1) is 19.0. The molecule has 1 aromatic heterocycles. The van der Waals surface area contributed by atoms with E-state index in [1.54, 1.807) is 19.1 Å². The Morgan fingerprint density at radius 2 is 2.14 bits per heavy atom. The standard InChI is InChI=1S/C21H19FN4O3/c1-20(10-21(11-28-12-21)29-19(24)26-20)15-6-13(2-4-16(15)22)7-18(27)17-5-3-14(8-23)9-25-17/h2-6,9H,7,10-12H2,1H3,(H2,24,26)/t20-/m0/s1. The number of nitrogens with two attached hydrogens (primary N) is 1. The summed E-state index contributed by atoms with van der Waals surface area (Å²) in [6.45, 7) is 2.56. The van der Waals surface area contributed by atoms with Gasteiger partial charge >= 0.3 is 0 Å². The fourth-order valence-corrected chi connectivity index (χ4v) is 3.83. The zero-order valence-electron chi connectivity index (χ0n) is 15.8.